The number of aliphatic hydroxyl groups is 1. The summed E-state index contributed by atoms with van der Waals surface area (Å²) in [5, 5.41) is 14.1. The molecule has 0 unspecified atom stereocenters. The molecule has 1 aliphatic carbocycles. The first kappa shape index (κ1) is 16.2. The molecule has 1 saturated heterocycles. The van der Waals surface area contributed by atoms with Crippen molar-refractivity contribution >= 4 is 0 Å². The van der Waals surface area contributed by atoms with Gasteiger partial charge >= 0.3 is 0 Å². The molecule has 3 nitrogen and oxygen atoms in total. The average molecular weight is 299 g/mol. The van der Waals surface area contributed by atoms with Gasteiger partial charge in [-0.2, -0.15) is 0 Å². The van der Waals surface area contributed by atoms with Crippen LogP contribution in [0.3, 0.4) is 0 Å². The lowest BCUT2D eigenvalue weighted by atomic mass is 9.70. The molecular weight excluding hydrogens is 276 g/mol. The van der Waals surface area contributed by atoms with Crippen LogP contribution in [0.2, 0.25) is 0 Å². The first-order chi connectivity index (χ1) is 10.1. The molecule has 0 spiro atoms. The molecule has 0 amide bonds. The summed E-state index contributed by atoms with van der Waals surface area (Å²) in [6.07, 6.45) is 7.78. The van der Waals surface area contributed by atoms with E-state index in [4.69, 9.17) is 4.74 Å². The maximum atomic E-state index is 13.2. The van der Waals surface area contributed by atoms with Gasteiger partial charge in [0.1, 0.15) is 18.1 Å². The zero-order chi connectivity index (χ0) is 15.3. The van der Waals surface area contributed by atoms with E-state index in [9.17, 15) is 13.9 Å². The van der Waals surface area contributed by atoms with Crippen LogP contribution in [0.15, 0.2) is 36.3 Å². The topological polar surface area (TPSA) is 41.5 Å². The third-order valence-electron chi connectivity index (χ3n) is 4.38. The Bertz CT molecular complexity index is 434. The van der Waals surface area contributed by atoms with Gasteiger partial charge in [0.2, 0.25) is 0 Å². The Hall–Kier alpha value is -1.20. The minimum absolute atomic E-state index is 0.192. The fraction of sp³-hybridized carbons (Fsp3) is 0.625. The quantitative estimate of drug-likeness (QED) is 0.767. The molecule has 21 heavy (non-hydrogen) atoms. The van der Waals surface area contributed by atoms with Crippen molar-refractivity contribution in [3.63, 3.8) is 0 Å². The Kier molecular flexibility index (Phi) is 5.53. The van der Waals surface area contributed by atoms with Gasteiger partial charge in [-0.1, -0.05) is 19.1 Å². The van der Waals surface area contributed by atoms with Gasteiger partial charge in [0, 0.05) is 12.3 Å². The first-order valence-corrected chi connectivity index (χ1v) is 7.41. The second-order valence-corrected chi connectivity index (χ2v) is 5.74. The normalized spacial score (nSPS) is 34.2. The maximum absolute atomic E-state index is 13.2. The molecular formula is C16H23F2NO2. The number of nitrogens with one attached hydrogen (secondary N) is 1. The van der Waals surface area contributed by atoms with E-state index < -0.39 is 18.1 Å². The summed E-state index contributed by atoms with van der Waals surface area (Å²) < 4.78 is 30.9. The summed E-state index contributed by atoms with van der Waals surface area (Å²) in [6.45, 7) is 3.39. The summed E-state index contributed by atoms with van der Waals surface area (Å²) in [4.78, 5) is 0. The predicted octanol–water partition coefficient (Wildman–Crippen LogP) is 2.79. The number of ether oxygens (including phenoxy) is 1. The van der Waals surface area contributed by atoms with Crippen molar-refractivity contribution in [1.29, 1.82) is 0 Å². The second-order valence-electron chi connectivity index (χ2n) is 5.74. The molecule has 0 radical (unpaired) electrons. The van der Waals surface area contributed by atoms with Crippen LogP contribution in [0, 0.1) is 5.92 Å². The van der Waals surface area contributed by atoms with Crippen molar-refractivity contribution in [2.24, 2.45) is 5.92 Å². The van der Waals surface area contributed by atoms with Gasteiger partial charge in [-0.05, 0) is 37.3 Å². The van der Waals surface area contributed by atoms with E-state index in [2.05, 4.69) is 11.9 Å². The molecule has 2 fully saturated rings. The van der Waals surface area contributed by atoms with Gasteiger partial charge in [0.05, 0.1) is 12.6 Å². The first-order valence-electron chi connectivity index (χ1n) is 7.41. The van der Waals surface area contributed by atoms with Crippen molar-refractivity contribution < 1.29 is 18.6 Å². The largest absolute Gasteiger partial charge is 0.385 e. The van der Waals surface area contributed by atoms with Crippen molar-refractivity contribution in [2.45, 2.75) is 37.3 Å². The fourth-order valence-corrected chi connectivity index (χ4v) is 3.30. The number of rotatable bonds is 5. The highest BCUT2D eigenvalue weighted by Crippen LogP contribution is 2.39. The number of hydrogen-bond donors (Lipinski definition) is 2. The minimum atomic E-state index is -1.14. The molecule has 0 bridgehead atoms. The highest BCUT2D eigenvalue weighted by molar-refractivity contribution is 5.25. The third-order valence-corrected chi connectivity index (χ3v) is 4.38. The van der Waals surface area contributed by atoms with Crippen molar-refractivity contribution in [3.8, 4) is 0 Å². The number of allylic oxidation sites excluding steroid dienone is 4. The van der Waals surface area contributed by atoms with Crippen molar-refractivity contribution in [3.05, 3.63) is 36.3 Å². The standard InChI is InChI=1S/C16H23F2NO2/c1-2-4-14(9-13(18)10-17)19-15-6-3-5-12-7-8-21-11-16(12,15)20/h2,4,9,12,15,19-20H,1,3,5-8,10-11H2/b13-9+,14-4+/t12-,15-,16-/m1/s1. The van der Waals surface area contributed by atoms with Crippen LogP contribution in [-0.4, -0.2) is 36.6 Å². The summed E-state index contributed by atoms with van der Waals surface area (Å²) >= 11 is 0. The lowest BCUT2D eigenvalue weighted by Crippen LogP contribution is -2.61. The van der Waals surface area contributed by atoms with E-state index in [1.54, 1.807) is 6.08 Å². The third kappa shape index (κ3) is 3.71. The maximum Gasteiger partial charge on any atom is 0.141 e. The molecule has 118 valence electrons. The van der Waals surface area contributed by atoms with Gasteiger partial charge in [0.25, 0.3) is 0 Å². The highest BCUT2D eigenvalue weighted by atomic mass is 19.2. The molecule has 0 aromatic rings. The van der Waals surface area contributed by atoms with E-state index >= 15 is 0 Å². The zero-order valence-electron chi connectivity index (χ0n) is 12.2. The van der Waals surface area contributed by atoms with Crippen LogP contribution in [0.25, 0.3) is 0 Å². The smallest absolute Gasteiger partial charge is 0.141 e. The molecule has 1 aliphatic heterocycles. The Morgan fingerprint density at radius 3 is 2.95 bits per heavy atom. The lowest BCUT2D eigenvalue weighted by Gasteiger charge is -2.48. The predicted molar refractivity (Wildman–Crippen MR) is 78.1 cm³/mol. The monoisotopic (exact) mass is 299 g/mol. The van der Waals surface area contributed by atoms with Crippen LogP contribution < -0.4 is 5.32 Å². The lowest BCUT2D eigenvalue weighted by molar-refractivity contribution is -0.157. The van der Waals surface area contributed by atoms with E-state index in [0.717, 1.165) is 31.8 Å². The Morgan fingerprint density at radius 1 is 1.43 bits per heavy atom. The van der Waals surface area contributed by atoms with Gasteiger partial charge in [-0.25, -0.2) is 8.78 Å². The van der Waals surface area contributed by atoms with Gasteiger partial charge in [0.15, 0.2) is 0 Å². The number of halogens is 2. The van der Waals surface area contributed by atoms with Crippen LogP contribution in [0.5, 0.6) is 0 Å². The van der Waals surface area contributed by atoms with Gasteiger partial charge in [-0.15, -0.1) is 0 Å². The van der Waals surface area contributed by atoms with E-state index in [1.807, 2.05) is 0 Å². The molecule has 1 heterocycles. The van der Waals surface area contributed by atoms with Crippen molar-refractivity contribution in [1.82, 2.24) is 5.32 Å². The average Bonchev–Trinajstić information content (AvgIpc) is 2.48. The van der Waals surface area contributed by atoms with Crippen molar-refractivity contribution in [2.75, 3.05) is 19.9 Å². The van der Waals surface area contributed by atoms with E-state index in [0.29, 0.717) is 12.3 Å². The van der Waals surface area contributed by atoms with E-state index in [1.165, 1.54) is 6.08 Å². The number of alkyl halides is 1. The van der Waals surface area contributed by atoms with E-state index in [-0.39, 0.29) is 18.6 Å². The summed E-state index contributed by atoms with van der Waals surface area (Å²) in [5.41, 5.74) is -0.527. The van der Waals surface area contributed by atoms with Crippen LogP contribution in [0.4, 0.5) is 8.78 Å². The van der Waals surface area contributed by atoms with Crippen LogP contribution in [0.1, 0.15) is 25.7 Å². The zero-order valence-corrected chi connectivity index (χ0v) is 12.2. The molecule has 5 heteroatoms. The second kappa shape index (κ2) is 7.18. The summed E-state index contributed by atoms with van der Waals surface area (Å²) in [7, 11) is 0. The summed E-state index contributed by atoms with van der Waals surface area (Å²) in [6, 6.07) is -0.230. The molecule has 3 atom stereocenters. The van der Waals surface area contributed by atoms with Gasteiger partial charge in [-0.3, -0.25) is 0 Å². The Balaban J connectivity index is 2.15. The number of hydrogen-bond acceptors (Lipinski definition) is 3. The summed E-state index contributed by atoms with van der Waals surface area (Å²) in [5.74, 6) is -0.660. The van der Waals surface area contributed by atoms with Crippen LogP contribution >= 0.6 is 0 Å². The molecule has 2 aliphatic rings. The van der Waals surface area contributed by atoms with Crippen LogP contribution in [-0.2, 0) is 4.74 Å². The molecule has 0 aromatic heterocycles. The van der Waals surface area contributed by atoms with Gasteiger partial charge < -0.3 is 15.2 Å². The molecule has 0 aromatic carbocycles. The highest BCUT2D eigenvalue weighted by Gasteiger charge is 2.48. The number of fused-ring (bicyclic) bond motifs is 1. The minimum Gasteiger partial charge on any atom is -0.385 e. The molecule has 2 N–H and O–H groups in total. The Morgan fingerprint density at radius 2 is 2.24 bits per heavy atom. The molecule has 1 saturated carbocycles. The SMILES string of the molecule is C=C/C=C(\C=C(\F)CF)N[C@@H]1CCC[C@@H]2CCOC[C@@]21O. The Labute approximate surface area is 124 Å². The molecule has 2 rings (SSSR count). The fourth-order valence-electron chi connectivity index (χ4n) is 3.30.